The number of amides is 1. The molecule has 1 unspecified atom stereocenters. The fourth-order valence-corrected chi connectivity index (χ4v) is 2.53. The molecule has 0 saturated carbocycles. The Bertz CT molecular complexity index is 398. The van der Waals surface area contributed by atoms with Gasteiger partial charge < -0.3 is 16.2 Å². The first-order valence-corrected chi connectivity index (χ1v) is 7.31. The molecule has 4 N–H and O–H groups in total. The molecule has 0 radical (unpaired) electrons. The first-order chi connectivity index (χ1) is 9.06. The lowest BCUT2D eigenvalue weighted by molar-refractivity contribution is 0.0943. The van der Waals surface area contributed by atoms with Crippen LogP contribution in [0.2, 0.25) is 0 Å². The highest BCUT2D eigenvalue weighted by atomic mass is 79.9. The summed E-state index contributed by atoms with van der Waals surface area (Å²) in [5.41, 5.74) is 6.81. The maximum Gasteiger partial charge on any atom is 0.251 e. The number of halogens is 1. The summed E-state index contributed by atoms with van der Waals surface area (Å²) in [6.07, 6.45) is 2.76. The summed E-state index contributed by atoms with van der Waals surface area (Å²) >= 11 is 3.32. The zero-order valence-corrected chi connectivity index (χ0v) is 12.7. The molecule has 1 aromatic carbocycles. The lowest BCUT2D eigenvalue weighted by Gasteiger charge is -2.15. The maximum absolute atomic E-state index is 12.0. The zero-order chi connectivity index (χ0) is 14.3. The molecule has 0 spiro atoms. The molecule has 1 rings (SSSR count). The molecule has 106 valence electrons. The van der Waals surface area contributed by atoms with Crippen LogP contribution in [0, 0.1) is 5.92 Å². The van der Waals surface area contributed by atoms with Crippen molar-refractivity contribution in [1.82, 2.24) is 5.32 Å². The van der Waals surface area contributed by atoms with E-state index in [2.05, 4.69) is 28.2 Å². The molecule has 0 aliphatic heterocycles. The highest BCUT2D eigenvalue weighted by Crippen LogP contribution is 2.17. The van der Waals surface area contributed by atoms with Crippen LogP contribution in [0.3, 0.4) is 0 Å². The monoisotopic (exact) mass is 328 g/mol. The number of benzene rings is 1. The van der Waals surface area contributed by atoms with Crippen LogP contribution in [0.15, 0.2) is 22.7 Å². The number of anilines is 1. The third-order valence-corrected chi connectivity index (χ3v) is 3.43. The number of aliphatic hydroxyl groups excluding tert-OH is 1. The number of aliphatic hydroxyl groups is 1. The molecule has 0 saturated heterocycles. The summed E-state index contributed by atoms with van der Waals surface area (Å²) in [5, 5.41) is 11.9. The van der Waals surface area contributed by atoms with Gasteiger partial charge in [0.2, 0.25) is 0 Å². The minimum atomic E-state index is -0.132. The van der Waals surface area contributed by atoms with Gasteiger partial charge in [-0.2, -0.15) is 0 Å². The Kier molecular flexibility index (Phi) is 6.87. The molecule has 0 bridgehead atoms. The van der Waals surface area contributed by atoms with Gasteiger partial charge in [0.1, 0.15) is 0 Å². The largest absolute Gasteiger partial charge is 0.399 e. The number of carbonyl (C=O) groups excluding carboxylic acids is 1. The Labute approximate surface area is 122 Å². The van der Waals surface area contributed by atoms with Gasteiger partial charge in [0.15, 0.2) is 0 Å². The number of nitrogen functional groups attached to an aromatic ring is 1. The third kappa shape index (κ3) is 5.61. The van der Waals surface area contributed by atoms with Gasteiger partial charge in [0.25, 0.3) is 5.91 Å². The van der Waals surface area contributed by atoms with Crippen molar-refractivity contribution in [2.24, 2.45) is 5.92 Å². The Morgan fingerprint density at radius 2 is 2.16 bits per heavy atom. The lowest BCUT2D eigenvalue weighted by Crippen LogP contribution is -2.29. The van der Waals surface area contributed by atoms with Gasteiger partial charge in [0, 0.05) is 28.9 Å². The summed E-state index contributed by atoms with van der Waals surface area (Å²) in [6, 6.07) is 5.15. The number of hydrogen-bond donors (Lipinski definition) is 3. The van der Waals surface area contributed by atoms with E-state index in [9.17, 15) is 4.79 Å². The smallest absolute Gasteiger partial charge is 0.251 e. The summed E-state index contributed by atoms with van der Waals surface area (Å²) < 4.78 is 0.790. The fraction of sp³-hybridized carbons (Fsp3) is 0.500. The highest BCUT2D eigenvalue weighted by molar-refractivity contribution is 9.10. The van der Waals surface area contributed by atoms with Gasteiger partial charge in [-0.1, -0.05) is 29.3 Å². The minimum absolute atomic E-state index is 0.132. The number of nitrogens with two attached hydrogens (primary N) is 1. The van der Waals surface area contributed by atoms with Crippen molar-refractivity contribution in [3.05, 3.63) is 28.2 Å². The molecule has 1 aromatic rings. The van der Waals surface area contributed by atoms with E-state index in [4.69, 9.17) is 10.8 Å². The minimum Gasteiger partial charge on any atom is -0.399 e. The van der Waals surface area contributed by atoms with Crippen molar-refractivity contribution >= 4 is 27.5 Å². The normalized spacial score (nSPS) is 12.2. The second kappa shape index (κ2) is 8.17. The third-order valence-electron chi connectivity index (χ3n) is 2.97. The van der Waals surface area contributed by atoms with E-state index in [0.29, 0.717) is 23.7 Å². The Hall–Kier alpha value is -1.07. The van der Waals surface area contributed by atoms with E-state index in [1.54, 1.807) is 18.2 Å². The van der Waals surface area contributed by atoms with E-state index in [1.807, 2.05) is 0 Å². The summed E-state index contributed by atoms with van der Waals surface area (Å²) in [6.45, 7) is 2.84. The lowest BCUT2D eigenvalue weighted by atomic mass is 10.00. The van der Waals surface area contributed by atoms with Crippen molar-refractivity contribution in [1.29, 1.82) is 0 Å². The number of rotatable bonds is 7. The number of nitrogens with one attached hydrogen (secondary N) is 1. The van der Waals surface area contributed by atoms with Crippen molar-refractivity contribution in [3.8, 4) is 0 Å². The van der Waals surface area contributed by atoms with Crippen molar-refractivity contribution in [3.63, 3.8) is 0 Å². The first kappa shape index (κ1) is 16.0. The van der Waals surface area contributed by atoms with Crippen LogP contribution < -0.4 is 11.1 Å². The van der Waals surface area contributed by atoms with Crippen LogP contribution in [-0.4, -0.2) is 24.2 Å². The molecule has 5 heteroatoms. The molecule has 19 heavy (non-hydrogen) atoms. The summed E-state index contributed by atoms with van der Waals surface area (Å²) in [4.78, 5) is 12.0. The molecule has 1 atom stereocenters. The Morgan fingerprint density at radius 3 is 2.74 bits per heavy atom. The van der Waals surface area contributed by atoms with E-state index in [1.165, 1.54) is 0 Å². The molecule has 0 aliphatic carbocycles. The van der Waals surface area contributed by atoms with Crippen LogP contribution in [0.4, 0.5) is 5.69 Å². The average Bonchev–Trinajstić information content (AvgIpc) is 2.35. The molecule has 4 nitrogen and oxygen atoms in total. The van der Waals surface area contributed by atoms with Crippen LogP contribution in [-0.2, 0) is 0 Å². The SMILES string of the molecule is CCCC(CCO)CNC(=O)c1cc(N)cc(Br)c1. The van der Waals surface area contributed by atoms with Gasteiger partial charge >= 0.3 is 0 Å². The van der Waals surface area contributed by atoms with Gasteiger partial charge in [0.05, 0.1) is 0 Å². The van der Waals surface area contributed by atoms with Gasteiger partial charge in [-0.15, -0.1) is 0 Å². The molecule has 0 aliphatic rings. The highest BCUT2D eigenvalue weighted by Gasteiger charge is 2.11. The maximum atomic E-state index is 12.0. The average molecular weight is 329 g/mol. The Morgan fingerprint density at radius 1 is 1.42 bits per heavy atom. The Balaban J connectivity index is 2.58. The predicted octanol–water partition coefficient (Wildman–Crippen LogP) is 2.56. The molecule has 0 aromatic heterocycles. The molecular formula is C14H21BrN2O2. The molecule has 1 amide bonds. The first-order valence-electron chi connectivity index (χ1n) is 6.52. The van der Waals surface area contributed by atoms with Crippen LogP contribution in [0.25, 0.3) is 0 Å². The quantitative estimate of drug-likeness (QED) is 0.673. The van der Waals surface area contributed by atoms with E-state index < -0.39 is 0 Å². The van der Waals surface area contributed by atoms with Crippen LogP contribution >= 0.6 is 15.9 Å². The van der Waals surface area contributed by atoms with Crippen molar-refractivity contribution in [2.75, 3.05) is 18.9 Å². The number of hydrogen-bond acceptors (Lipinski definition) is 3. The summed E-state index contributed by atoms with van der Waals surface area (Å²) in [5.74, 6) is 0.190. The second-order valence-corrected chi connectivity index (χ2v) is 5.57. The number of carbonyl (C=O) groups is 1. The van der Waals surface area contributed by atoms with Crippen LogP contribution in [0.5, 0.6) is 0 Å². The summed E-state index contributed by atoms with van der Waals surface area (Å²) in [7, 11) is 0. The second-order valence-electron chi connectivity index (χ2n) is 4.65. The topological polar surface area (TPSA) is 75.3 Å². The van der Waals surface area contributed by atoms with Crippen molar-refractivity contribution < 1.29 is 9.90 Å². The van der Waals surface area contributed by atoms with E-state index in [-0.39, 0.29) is 12.5 Å². The van der Waals surface area contributed by atoms with Gasteiger partial charge in [-0.3, -0.25) is 4.79 Å². The van der Waals surface area contributed by atoms with Crippen LogP contribution in [0.1, 0.15) is 36.5 Å². The van der Waals surface area contributed by atoms with E-state index in [0.717, 1.165) is 23.7 Å². The molecular weight excluding hydrogens is 308 g/mol. The van der Waals surface area contributed by atoms with Crippen molar-refractivity contribution in [2.45, 2.75) is 26.2 Å². The zero-order valence-electron chi connectivity index (χ0n) is 11.2. The molecule has 0 fully saturated rings. The predicted molar refractivity (Wildman–Crippen MR) is 81.0 cm³/mol. The van der Waals surface area contributed by atoms with Gasteiger partial charge in [-0.25, -0.2) is 0 Å². The standard InChI is InChI=1S/C14H21BrN2O2/c1-2-3-10(4-5-18)9-17-14(19)11-6-12(15)8-13(16)7-11/h6-8,10,18H,2-5,9,16H2,1H3,(H,17,19). The molecule has 0 heterocycles. The van der Waals surface area contributed by atoms with Gasteiger partial charge in [-0.05, 0) is 37.0 Å². The fourth-order valence-electron chi connectivity index (χ4n) is 2.02. The van der Waals surface area contributed by atoms with E-state index >= 15 is 0 Å².